The van der Waals surface area contributed by atoms with Crippen molar-refractivity contribution in [2.24, 2.45) is 5.41 Å². The van der Waals surface area contributed by atoms with Crippen LogP contribution in [-0.2, 0) is 6.42 Å². The first-order valence-corrected chi connectivity index (χ1v) is 7.64. The van der Waals surface area contributed by atoms with Gasteiger partial charge in [0, 0.05) is 25.3 Å². The Morgan fingerprint density at radius 1 is 1.25 bits per heavy atom. The number of hydrogen-bond donors (Lipinski definition) is 1. The van der Waals surface area contributed by atoms with E-state index in [-0.39, 0.29) is 17.9 Å². The lowest BCUT2D eigenvalue weighted by Crippen LogP contribution is -2.44. The highest BCUT2D eigenvalue weighted by molar-refractivity contribution is 5.95. The smallest absolute Gasteiger partial charge is 0.254 e. The minimum Gasteiger partial charge on any atom is -0.396 e. The SMILES string of the molecule is CCc1ccccc1C(=O)N1CCC(CC)(CO)CC1. The molecule has 3 heteroatoms. The van der Waals surface area contributed by atoms with Gasteiger partial charge >= 0.3 is 0 Å². The average Bonchev–Trinajstić information content (AvgIpc) is 2.54. The molecule has 2 rings (SSSR count). The maximum absolute atomic E-state index is 12.6. The molecule has 110 valence electrons. The summed E-state index contributed by atoms with van der Waals surface area (Å²) in [6.07, 6.45) is 3.67. The van der Waals surface area contributed by atoms with Crippen LogP contribution in [0.3, 0.4) is 0 Å². The Bertz CT molecular complexity index is 456. The first kappa shape index (κ1) is 15.0. The molecule has 1 fully saturated rings. The molecule has 1 aromatic carbocycles. The predicted molar refractivity (Wildman–Crippen MR) is 80.8 cm³/mol. The van der Waals surface area contributed by atoms with Crippen LogP contribution in [0, 0.1) is 5.41 Å². The lowest BCUT2D eigenvalue weighted by atomic mass is 9.77. The zero-order valence-electron chi connectivity index (χ0n) is 12.6. The van der Waals surface area contributed by atoms with Gasteiger partial charge in [-0.15, -0.1) is 0 Å². The summed E-state index contributed by atoms with van der Waals surface area (Å²) in [6, 6.07) is 7.87. The second-order valence-electron chi connectivity index (χ2n) is 5.81. The molecule has 0 spiro atoms. The molecular weight excluding hydrogens is 250 g/mol. The van der Waals surface area contributed by atoms with E-state index in [1.165, 1.54) is 0 Å². The predicted octanol–water partition coefficient (Wildman–Crippen LogP) is 2.87. The number of carbonyl (C=O) groups is 1. The molecule has 1 heterocycles. The van der Waals surface area contributed by atoms with Gasteiger partial charge in [0.25, 0.3) is 5.91 Å². The summed E-state index contributed by atoms with van der Waals surface area (Å²) < 4.78 is 0. The van der Waals surface area contributed by atoms with Gasteiger partial charge in [-0.2, -0.15) is 0 Å². The molecule has 0 atom stereocenters. The number of aryl methyl sites for hydroxylation is 1. The number of likely N-dealkylation sites (tertiary alicyclic amines) is 1. The minimum absolute atomic E-state index is 0.0288. The number of benzene rings is 1. The van der Waals surface area contributed by atoms with E-state index in [1.807, 2.05) is 29.2 Å². The third-order valence-corrected chi connectivity index (χ3v) is 4.83. The number of piperidine rings is 1. The van der Waals surface area contributed by atoms with Crippen molar-refractivity contribution in [3.63, 3.8) is 0 Å². The summed E-state index contributed by atoms with van der Waals surface area (Å²) in [4.78, 5) is 14.6. The van der Waals surface area contributed by atoms with Crippen molar-refractivity contribution in [3.8, 4) is 0 Å². The van der Waals surface area contributed by atoms with Crippen LogP contribution in [0.5, 0.6) is 0 Å². The summed E-state index contributed by atoms with van der Waals surface area (Å²) in [5, 5.41) is 9.56. The first-order chi connectivity index (χ1) is 9.65. The standard InChI is InChI=1S/C17H25NO2/c1-3-14-7-5-6-8-15(14)16(20)18-11-9-17(4-2,13-19)10-12-18/h5-8,19H,3-4,9-13H2,1-2H3. The maximum atomic E-state index is 12.6. The molecule has 1 amide bonds. The molecule has 1 N–H and O–H groups in total. The van der Waals surface area contributed by atoms with Gasteiger partial charge < -0.3 is 10.0 Å². The van der Waals surface area contributed by atoms with Crippen LogP contribution in [0.25, 0.3) is 0 Å². The molecule has 0 aromatic heterocycles. The number of amides is 1. The van der Waals surface area contributed by atoms with Crippen LogP contribution in [-0.4, -0.2) is 35.6 Å². The van der Waals surface area contributed by atoms with Gasteiger partial charge in [0.2, 0.25) is 0 Å². The van der Waals surface area contributed by atoms with E-state index in [1.54, 1.807) is 0 Å². The average molecular weight is 275 g/mol. The van der Waals surface area contributed by atoms with Crippen molar-refractivity contribution in [1.82, 2.24) is 4.90 Å². The summed E-state index contributed by atoms with van der Waals surface area (Å²) >= 11 is 0. The van der Waals surface area contributed by atoms with E-state index in [0.717, 1.165) is 49.9 Å². The molecule has 1 saturated heterocycles. The number of hydrogen-bond acceptors (Lipinski definition) is 2. The zero-order valence-corrected chi connectivity index (χ0v) is 12.6. The van der Waals surface area contributed by atoms with Gasteiger partial charge in [-0.1, -0.05) is 32.0 Å². The molecule has 20 heavy (non-hydrogen) atoms. The lowest BCUT2D eigenvalue weighted by Gasteiger charge is -2.40. The molecule has 3 nitrogen and oxygen atoms in total. The normalized spacial score (nSPS) is 18.1. The quantitative estimate of drug-likeness (QED) is 0.918. The summed E-state index contributed by atoms with van der Waals surface area (Å²) in [5.41, 5.74) is 1.98. The highest BCUT2D eigenvalue weighted by Gasteiger charge is 2.34. The molecule has 0 unspecified atom stereocenters. The van der Waals surface area contributed by atoms with E-state index >= 15 is 0 Å². The Balaban J connectivity index is 2.09. The minimum atomic E-state index is 0.0288. The summed E-state index contributed by atoms with van der Waals surface area (Å²) in [6.45, 7) is 5.95. The van der Waals surface area contributed by atoms with E-state index in [4.69, 9.17) is 0 Å². The van der Waals surface area contributed by atoms with Crippen molar-refractivity contribution in [2.45, 2.75) is 39.5 Å². The van der Waals surface area contributed by atoms with Crippen LogP contribution in [0.2, 0.25) is 0 Å². The van der Waals surface area contributed by atoms with E-state index in [0.29, 0.717) is 0 Å². The molecular formula is C17H25NO2. The second-order valence-corrected chi connectivity index (χ2v) is 5.81. The molecule has 1 aliphatic rings. The van der Waals surface area contributed by atoms with Crippen LogP contribution < -0.4 is 0 Å². The van der Waals surface area contributed by atoms with Gasteiger partial charge in [-0.25, -0.2) is 0 Å². The monoisotopic (exact) mass is 275 g/mol. The molecule has 0 radical (unpaired) electrons. The Hall–Kier alpha value is -1.35. The van der Waals surface area contributed by atoms with Crippen LogP contribution in [0.1, 0.15) is 49.0 Å². The van der Waals surface area contributed by atoms with E-state index in [2.05, 4.69) is 13.8 Å². The summed E-state index contributed by atoms with van der Waals surface area (Å²) in [5.74, 6) is 0.144. The van der Waals surface area contributed by atoms with Crippen LogP contribution in [0.4, 0.5) is 0 Å². The Kier molecular flexibility index (Phi) is 4.81. The summed E-state index contributed by atoms with van der Waals surface area (Å²) in [7, 11) is 0. The van der Waals surface area contributed by atoms with Crippen molar-refractivity contribution in [3.05, 3.63) is 35.4 Å². The van der Waals surface area contributed by atoms with Crippen molar-refractivity contribution in [1.29, 1.82) is 0 Å². The number of nitrogens with zero attached hydrogens (tertiary/aromatic N) is 1. The number of carbonyl (C=O) groups excluding carboxylic acids is 1. The largest absolute Gasteiger partial charge is 0.396 e. The Morgan fingerprint density at radius 3 is 2.45 bits per heavy atom. The maximum Gasteiger partial charge on any atom is 0.254 e. The highest BCUT2D eigenvalue weighted by atomic mass is 16.3. The van der Waals surface area contributed by atoms with Crippen molar-refractivity contribution >= 4 is 5.91 Å². The number of rotatable bonds is 4. The molecule has 1 aliphatic heterocycles. The number of aliphatic hydroxyl groups excluding tert-OH is 1. The molecule has 0 aliphatic carbocycles. The van der Waals surface area contributed by atoms with Crippen molar-refractivity contribution in [2.75, 3.05) is 19.7 Å². The fraction of sp³-hybridized carbons (Fsp3) is 0.588. The van der Waals surface area contributed by atoms with Crippen LogP contribution in [0.15, 0.2) is 24.3 Å². The van der Waals surface area contributed by atoms with Crippen molar-refractivity contribution < 1.29 is 9.90 Å². The molecule has 0 bridgehead atoms. The Morgan fingerprint density at radius 2 is 1.90 bits per heavy atom. The van der Waals surface area contributed by atoms with Gasteiger partial charge in [0.05, 0.1) is 0 Å². The van der Waals surface area contributed by atoms with Gasteiger partial charge in [0.15, 0.2) is 0 Å². The van der Waals surface area contributed by atoms with Gasteiger partial charge in [0.1, 0.15) is 0 Å². The van der Waals surface area contributed by atoms with Gasteiger partial charge in [-0.3, -0.25) is 4.79 Å². The highest BCUT2D eigenvalue weighted by Crippen LogP contribution is 2.34. The second kappa shape index (κ2) is 6.40. The molecule has 0 saturated carbocycles. The lowest BCUT2D eigenvalue weighted by molar-refractivity contribution is 0.0337. The molecule has 1 aromatic rings. The Labute approximate surface area is 121 Å². The fourth-order valence-corrected chi connectivity index (χ4v) is 3.02. The number of aliphatic hydroxyl groups is 1. The third-order valence-electron chi connectivity index (χ3n) is 4.83. The fourth-order valence-electron chi connectivity index (χ4n) is 3.02. The first-order valence-electron chi connectivity index (χ1n) is 7.64. The van der Waals surface area contributed by atoms with E-state index < -0.39 is 0 Å². The van der Waals surface area contributed by atoms with E-state index in [9.17, 15) is 9.90 Å². The van der Waals surface area contributed by atoms with Gasteiger partial charge in [-0.05, 0) is 42.7 Å². The van der Waals surface area contributed by atoms with Crippen LogP contribution >= 0.6 is 0 Å². The third kappa shape index (κ3) is 2.88. The zero-order chi connectivity index (χ0) is 14.6. The topological polar surface area (TPSA) is 40.5 Å².